The van der Waals surface area contributed by atoms with E-state index in [0.29, 0.717) is 36.8 Å². The Balaban J connectivity index is 1.51. The Morgan fingerprint density at radius 3 is 2.96 bits per heavy atom. The van der Waals surface area contributed by atoms with E-state index in [0.717, 1.165) is 6.54 Å². The molecule has 0 saturated carbocycles. The lowest BCUT2D eigenvalue weighted by Gasteiger charge is -2.35. The SMILES string of the molecule is COCc1nc(CN2CC[C@@H](NC(=O)c3ccccc3)[C@H](O)C2)no1. The van der Waals surface area contributed by atoms with Gasteiger partial charge >= 0.3 is 0 Å². The van der Waals surface area contributed by atoms with E-state index in [4.69, 9.17) is 9.26 Å². The molecule has 0 aliphatic carbocycles. The molecule has 0 bridgehead atoms. The molecule has 8 nitrogen and oxygen atoms in total. The highest BCUT2D eigenvalue weighted by molar-refractivity contribution is 5.94. The number of amides is 1. The zero-order valence-electron chi connectivity index (χ0n) is 14.1. The number of nitrogens with one attached hydrogen (secondary N) is 1. The molecule has 1 fully saturated rings. The van der Waals surface area contributed by atoms with Crippen molar-refractivity contribution in [2.75, 3.05) is 20.2 Å². The normalized spacial score (nSPS) is 21.2. The van der Waals surface area contributed by atoms with Gasteiger partial charge < -0.3 is 19.7 Å². The summed E-state index contributed by atoms with van der Waals surface area (Å²) in [5.41, 5.74) is 0.592. The molecule has 0 spiro atoms. The molecule has 1 aromatic heterocycles. The largest absolute Gasteiger partial charge is 0.390 e. The highest BCUT2D eigenvalue weighted by Crippen LogP contribution is 2.14. The quantitative estimate of drug-likeness (QED) is 0.789. The van der Waals surface area contributed by atoms with Gasteiger partial charge in [-0.2, -0.15) is 4.98 Å². The van der Waals surface area contributed by atoms with Crippen molar-refractivity contribution < 1.29 is 19.2 Å². The summed E-state index contributed by atoms with van der Waals surface area (Å²) in [5.74, 6) is 0.828. The van der Waals surface area contributed by atoms with Crippen LogP contribution in [0.2, 0.25) is 0 Å². The van der Waals surface area contributed by atoms with Gasteiger partial charge in [0, 0.05) is 25.8 Å². The molecule has 2 atom stereocenters. The van der Waals surface area contributed by atoms with Crippen molar-refractivity contribution in [3.63, 3.8) is 0 Å². The van der Waals surface area contributed by atoms with E-state index in [1.54, 1.807) is 19.2 Å². The number of aliphatic hydroxyl groups excluding tert-OH is 1. The molecule has 0 radical (unpaired) electrons. The van der Waals surface area contributed by atoms with Crippen LogP contribution in [0.25, 0.3) is 0 Å². The second-order valence-electron chi connectivity index (χ2n) is 6.07. The minimum Gasteiger partial charge on any atom is -0.390 e. The molecule has 8 heteroatoms. The maximum Gasteiger partial charge on any atom is 0.252 e. The van der Waals surface area contributed by atoms with Gasteiger partial charge in [0.15, 0.2) is 5.82 Å². The molecule has 134 valence electrons. The lowest BCUT2D eigenvalue weighted by atomic mass is 10.0. The number of likely N-dealkylation sites (tertiary alicyclic amines) is 1. The van der Waals surface area contributed by atoms with Gasteiger partial charge in [0.2, 0.25) is 0 Å². The van der Waals surface area contributed by atoms with Gasteiger partial charge in [-0.05, 0) is 18.6 Å². The van der Waals surface area contributed by atoms with Gasteiger partial charge in [-0.1, -0.05) is 23.4 Å². The lowest BCUT2D eigenvalue weighted by Crippen LogP contribution is -2.53. The molecule has 0 unspecified atom stereocenters. The summed E-state index contributed by atoms with van der Waals surface area (Å²) in [5, 5.41) is 17.2. The van der Waals surface area contributed by atoms with Crippen LogP contribution >= 0.6 is 0 Å². The second-order valence-corrected chi connectivity index (χ2v) is 6.07. The fraction of sp³-hybridized carbons (Fsp3) is 0.471. The Morgan fingerprint density at radius 1 is 1.44 bits per heavy atom. The first-order valence-corrected chi connectivity index (χ1v) is 8.22. The summed E-state index contributed by atoms with van der Waals surface area (Å²) < 4.78 is 10.0. The number of rotatable bonds is 6. The molecule has 1 saturated heterocycles. The maximum absolute atomic E-state index is 12.2. The van der Waals surface area contributed by atoms with Crippen LogP contribution in [-0.2, 0) is 17.9 Å². The maximum atomic E-state index is 12.2. The van der Waals surface area contributed by atoms with E-state index in [2.05, 4.69) is 15.5 Å². The highest BCUT2D eigenvalue weighted by Gasteiger charge is 2.29. The van der Waals surface area contributed by atoms with Crippen molar-refractivity contribution in [2.24, 2.45) is 0 Å². The summed E-state index contributed by atoms with van der Waals surface area (Å²) in [6.07, 6.45) is 0.00876. The Labute approximate surface area is 145 Å². The van der Waals surface area contributed by atoms with E-state index < -0.39 is 6.10 Å². The Kier molecular flexibility index (Phi) is 5.75. The first kappa shape index (κ1) is 17.5. The molecule has 1 aliphatic heterocycles. The third kappa shape index (κ3) is 4.62. The Hall–Kier alpha value is -2.29. The molecule has 1 aromatic carbocycles. The number of ether oxygens (including phenoxy) is 1. The van der Waals surface area contributed by atoms with Crippen LogP contribution in [0.4, 0.5) is 0 Å². The van der Waals surface area contributed by atoms with Crippen molar-refractivity contribution in [1.82, 2.24) is 20.4 Å². The summed E-state index contributed by atoms with van der Waals surface area (Å²) in [7, 11) is 1.56. The third-order valence-electron chi connectivity index (χ3n) is 4.16. The van der Waals surface area contributed by atoms with E-state index in [-0.39, 0.29) is 18.6 Å². The number of piperidine rings is 1. The number of hydrogen-bond donors (Lipinski definition) is 2. The number of hydrogen-bond acceptors (Lipinski definition) is 7. The van der Waals surface area contributed by atoms with E-state index in [1.165, 1.54) is 0 Å². The monoisotopic (exact) mass is 346 g/mol. The van der Waals surface area contributed by atoms with Crippen LogP contribution in [0.1, 0.15) is 28.5 Å². The number of carbonyl (C=O) groups is 1. The van der Waals surface area contributed by atoms with Gasteiger partial charge in [-0.25, -0.2) is 0 Å². The molecule has 1 aliphatic rings. The molecule has 2 N–H and O–H groups in total. The predicted octanol–water partition coefficient (Wildman–Crippen LogP) is 0.581. The molecule has 1 amide bonds. The van der Waals surface area contributed by atoms with E-state index in [9.17, 15) is 9.90 Å². The van der Waals surface area contributed by atoms with Gasteiger partial charge in [0.1, 0.15) is 6.61 Å². The number of carbonyl (C=O) groups excluding carboxylic acids is 1. The minimum atomic E-state index is -0.647. The smallest absolute Gasteiger partial charge is 0.252 e. The average Bonchev–Trinajstić information content (AvgIpc) is 3.05. The number of aromatic nitrogens is 2. The molecular weight excluding hydrogens is 324 g/mol. The summed E-state index contributed by atoms with van der Waals surface area (Å²) >= 11 is 0. The minimum absolute atomic E-state index is 0.166. The van der Waals surface area contributed by atoms with E-state index in [1.807, 2.05) is 23.1 Å². The van der Waals surface area contributed by atoms with Crippen LogP contribution in [0.15, 0.2) is 34.9 Å². The number of methoxy groups -OCH3 is 1. The summed E-state index contributed by atoms with van der Waals surface area (Å²) in [6.45, 7) is 1.94. The van der Waals surface area contributed by atoms with Crippen LogP contribution in [0, 0.1) is 0 Å². The third-order valence-corrected chi connectivity index (χ3v) is 4.16. The van der Waals surface area contributed by atoms with Crippen molar-refractivity contribution in [2.45, 2.75) is 31.7 Å². The second kappa shape index (κ2) is 8.19. The Bertz CT molecular complexity index is 691. The highest BCUT2D eigenvalue weighted by atomic mass is 16.5. The topological polar surface area (TPSA) is 101 Å². The Morgan fingerprint density at radius 2 is 2.24 bits per heavy atom. The number of benzene rings is 1. The van der Waals surface area contributed by atoms with E-state index >= 15 is 0 Å². The molecule has 2 heterocycles. The van der Waals surface area contributed by atoms with Crippen LogP contribution < -0.4 is 5.32 Å². The van der Waals surface area contributed by atoms with Crippen molar-refractivity contribution in [3.8, 4) is 0 Å². The summed E-state index contributed by atoms with van der Waals surface area (Å²) in [6, 6.07) is 8.74. The van der Waals surface area contributed by atoms with Crippen LogP contribution in [0.3, 0.4) is 0 Å². The zero-order valence-corrected chi connectivity index (χ0v) is 14.1. The van der Waals surface area contributed by atoms with Crippen LogP contribution in [-0.4, -0.2) is 58.4 Å². The van der Waals surface area contributed by atoms with Gasteiger partial charge in [-0.15, -0.1) is 0 Å². The first-order valence-electron chi connectivity index (χ1n) is 8.22. The van der Waals surface area contributed by atoms with Crippen molar-refractivity contribution in [3.05, 3.63) is 47.6 Å². The standard InChI is InChI=1S/C17H22N4O4/c1-24-11-16-19-15(20-25-16)10-21-8-7-13(14(22)9-21)18-17(23)12-5-3-2-4-6-12/h2-6,13-14,22H,7-11H2,1H3,(H,18,23)/t13-,14-/m1/s1. The number of β-amino-alcohol motifs (C(OH)–C–C–N with tert-alkyl or cyclic N) is 1. The summed E-state index contributed by atoms with van der Waals surface area (Å²) in [4.78, 5) is 18.5. The number of aliphatic hydroxyl groups is 1. The fourth-order valence-electron chi connectivity index (χ4n) is 2.89. The average molecular weight is 346 g/mol. The molecule has 3 rings (SSSR count). The van der Waals surface area contributed by atoms with Crippen LogP contribution in [0.5, 0.6) is 0 Å². The molecule has 25 heavy (non-hydrogen) atoms. The first-order chi connectivity index (χ1) is 12.2. The molecular formula is C17H22N4O4. The number of nitrogens with zero attached hydrogens (tertiary/aromatic N) is 3. The van der Waals surface area contributed by atoms with Gasteiger partial charge in [0.05, 0.1) is 18.7 Å². The predicted molar refractivity (Wildman–Crippen MR) is 88.6 cm³/mol. The zero-order chi connectivity index (χ0) is 17.6. The van der Waals surface area contributed by atoms with Crippen molar-refractivity contribution in [1.29, 1.82) is 0 Å². The van der Waals surface area contributed by atoms with Crippen molar-refractivity contribution >= 4 is 5.91 Å². The van der Waals surface area contributed by atoms with Gasteiger partial charge in [-0.3, -0.25) is 9.69 Å². The fourth-order valence-corrected chi connectivity index (χ4v) is 2.89. The lowest BCUT2D eigenvalue weighted by molar-refractivity contribution is 0.0338. The molecule has 2 aromatic rings. The van der Waals surface area contributed by atoms with Gasteiger partial charge in [0.25, 0.3) is 11.8 Å².